The molecule has 0 amide bonds. The summed E-state index contributed by atoms with van der Waals surface area (Å²) in [5.41, 5.74) is 5.41. The highest BCUT2D eigenvalue weighted by atomic mass is 31.2. The van der Waals surface area contributed by atoms with Crippen molar-refractivity contribution in [2.45, 2.75) is 264 Å². The second-order valence-electron chi connectivity index (χ2n) is 24.0. The summed E-state index contributed by atoms with van der Waals surface area (Å²) in [6, 6.07) is 0. The SMILES string of the molecule is CC/C=C\C/C=C\C/C=C\C/C=C\C/C=C\C/C=C\C/C=C\C/C=C\C/C=C\C/C=C\C/C=C\CCCCCCCCCC(=O)OC(COC(=O)CCCCCCCC/C=C\C/C=C\C/C=C\C/C=C\C/C=C\C/C=C\C/C=C\C/C=C\C/C=C\C/C=C\CC)COP(=O)(O)OCCN. The van der Waals surface area contributed by atoms with E-state index in [1.807, 2.05) is 0 Å². The molecule has 0 aliphatic carbocycles. The Morgan fingerprint density at radius 3 is 0.778 bits per heavy atom. The smallest absolute Gasteiger partial charge is 0.462 e. The second-order valence-corrected chi connectivity index (χ2v) is 25.5. The topological polar surface area (TPSA) is 134 Å². The van der Waals surface area contributed by atoms with Crippen LogP contribution >= 0.6 is 7.82 Å². The first-order chi connectivity index (χ1) is 48.8. The zero-order valence-corrected chi connectivity index (χ0v) is 62.7. The highest BCUT2D eigenvalue weighted by Crippen LogP contribution is 2.43. The van der Waals surface area contributed by atoms with E-state index in [1.165, 1.54) is 12.8 Å². The van der Waals surface area contributed by atoms with E-state index in [-0.39, 0.29) is 32.6 Å². The summed E-state index contributed by atoms with van der Waals surface area (Å²) in [5.74, 6) is -0.877. The fourth-order valence-corrected chi connectivity index (χ4v) is 10.1. The van der Waals surface area contributed by atoms with Crippen molar-refractivity contribution in [3.63, 3.8) is 0 Å². The monoisotopic (exact) mass is 1380 g/mol. The number of carbonyl (C=O) groups is 2. The Kier molecular flexibility index (Phi) is 75.3. The quantitative estimate of drug-likeness (QED) is 0.0264. The third kappa shape index (κ3) is 80.4. The normalized spacial score (nSPS) is 14.3. The van der Waals surface area contributed by atoms with E-state index < -0.39 is 32.5 Å². The lowest BCUT2D eigenvalue weighted by molar-refractivity contribution is -0.161. The zero-order valence-electron chi connectivity index (χ0n) is 61.9. The maximum Gasteiger partial charge on any atom is 0.472 e. The van der Waals surface area contributed by atoms with Crippen LogP contribution in [-0.2, 0) is 32.7 Å². The lowest BCUT2D eigenvalue weighted by Gasteiger charge is -2.19. The fourth-order valence-electron chi connectivity index (χ4n) is 9.37. The lowest BCUT2D eigenvalue weighted by Crippen LogP contribution is -2.29. The minimum absolute atomic E-state index is 0.0356. The van der Waals surface area contributed by atoms with E-state index in [9.17, 15) is 19.0 Å². The molecule has 9 nitrogen and oxygen atoms in total. The van der Waals surface area contributed by atoms with Crippen molar-refractivity contribution >= 4 is 19.8 Å². The molecule has 0 aromatic rings. The third-order valence-corrected chi connectivity index (χ3v) is 15.9. The summed E-state index contributed by atoms with van der Waals surface area (Å²) in [6.07, 6.45) is 129. The number of phosphoric ester groups is 1. The van der Waals surface area contributed by atoms with Crippen LogP contribution in [0.4, 0.5) is 0 Å². The van der Waals surface area contributed by atoms with Gasteiger partial charge in [0.15, 0.2) is 6.10 Å². The summed E-state index contributed by atoms with van der Waals surface area (Å²) in [5, 5.41) is 0. The first-order valence-corrected chi connectivity index (χ1v) is 39.7. The Hall–Kier alpha value is -6.45. The largest absolute Gasteiger partial charge is 0.472 e. The molecule has 0 saturated carbocycles. The lowest BCUT2D eigenvalue weighted by atomic mass is 10.1. The highest BCUT2D eigenvalue weighted by Gasteiger charge is 2.26. The van der Waals surface area contributed by atoms with Gasteiger partial charge in [-0.3, -0.25) is 18.6 Å². The van der Waals surface area contributed by atoms with Gasteiger partial charge in [-0.25, -0.2) is 4.57 Å². The summed E-state index contributed by atoms with van der Waals surface area (Å²) >= 11 is 0. The van der Waals surface area contributed by atoms with Crippen LogP contribution in [0.1, 0.15) is 258 Å². The second kappa shape index (κ2) is 80.5. The summed E-state index contributed by atoms with van der Waals surface area (Å²) < 4.78 is 33.2. The van der Waals surface area contributed by atoms with Crippen LogP contribution in [0.5, 0.6) is 0 Å². The van der Waals surface area contributed by atoms with Crippen molar-refractivity contribution in [1.29, 1.82) is 0 Å². The average Bonchev–Trinajstić information content (AvgIpc) is 1.19. The van der Waals surface area contributed by atoms with Gasteiger partial charge in [-0.1, -0.05) is 327 Å². The number of nitrogens with two attached hydrogens (primary N) is 1. The van der Waals surface area contributed by atoms with Crippen molar-refractivity contribution in [2.24, 2.45) is 5.73 Å². The van der Waals surface area contributed by atoms with Crippen LogP contribution in [0.15, 0.2) is 255 Å². The molecule has 0 bridgehead atoms. The Labute approximate surface area is 605 Å². The van der Waals surface area contributed by atoms with Gasteiger partial charge < -0.3 is 20.1 Å². The van der Waals surface area contributed by atoms with Gasteiger partial charge in [0.05, 0.1) is 13.2 Å². The minimum atomic E-state index is -4.42. The van der Waals surface area contributed by atoms with Gasteiger partial charge in [0.25, 0.3) is 0 Å². The number of phosphoric acid groups is 1. The minimum Gasteiger partial charge on any atom is -0.462 e. The van der Waals surface area contributed by atoms with E-state index >= 15 is 0 Å². The summed E-state index contributed by atoms with van der Waals surface area (Å²) in [7, 11) is -4.42. The van der Waals surface area contributed by atoms with Gasteiger partial charge in [0.2, 0.25) is 0 Å². The van der Waals surface area contributed by atoms with E-state index in [4.69, 9.17) is 24.3 Å². The first-order valence-electron chi connectivity index (χ1n) is 38.2. The van der Waals surface area contributed by atoms with Gasteiger partial charge in [0.1, 0.15) is 6.61 Å². The fraction of sp³-hybridized carbons (Fsp3) is 0.506. The standard InChI is InChI=1S/C89H136NO8P/c1-3-5-7-9-11-13-15-17-19-21-23-25-27-29-31-33-35-37-39-41-42-43-44-46-48-50-52-54-56-58-60-62-64-66-68-70-72-74-76-78-80-82-89(92)98-87(86-97-99(93,94)96-84-83-90)85-95-88(91)81-79-77-75-73-71-69-67-65-63-61-59-57-55-53-51-49-47-45-40-38-36-34-32-30-28-26-24-22-20-18-16-14-12-10-8-6-4-2/h5-8,11-14,17-20,23-26,29-32,35-38,41-42,44-47,50-53,56-59,62-65,87H,3-4,9-10,15-16,21-22,27-28,33-34,39-40,43,48-49,54-55,60-61,66-86,90H2,1-2H3,(H,93,94)/b7-5-,8-6-,13-11-,14-12-,19-17-,20-18-,25-23-,26-24-,31-29-,32-30-,37-35-,38-36-,42-41-,46-44-,47-45-,52-50-,53-51-,58-56-,59-57-,64-62-,65-63-. The van der Waals surface area contributed by atoms with Crippen LogP contribution in [0, 0.1) is 0 Å². The van der Waals surface area contributed by atoms with Crippen LogP contribution in [0.2, 0.25) is 0 Å². The van der Waals surface area contributed by atoms with Crippen molar-refractivity contribution in [2.75, 3.05) is 26.4 Å². The van der Waals surface area contributed by atoms with Crippen molar-refractivity contribution in [3.05, 3.63) is 255 Å². The molecule has 0 heterocycles. The molecule has 550 valence electrons. The molecule has 0 aliphatic heterocycles. The van der Waals surface area contributed by atoms with E-state index in [1.54, 1.807) is 0 Å². The molecule has 0 spiro atoms. The average molecular weight is 1380 g/mol. The van der Waals surface area contributed by atoms with Crippen molar-refractivity contribution in [3.8, 4) is 0 Å². The molecule has 0 fully saturated rings. The molecule has 0 saturated heterocycles. The molecule has 2 unspecified atom stereocenters. The van der Waals surface area contributed by atoms with Crippen LogP contribution in [0.25, 0.3) is 0 Å². The number of esters is 2. The number of hydrogen-bond donors (Lipinski definition) is 2. The predicted molar refractivity (Wildman–Crippen MR) is 430 cm³/mol. The van der Waals surface area contributed by atoms with Crippen LogP contribution in [-0.4, -0.2) is 49.3 Å². The van der Waals surface area contributed by atoms with Crippen molar-refractivity contribution < 1.29 is 37.6 Å². The molecule has 3 N–H and O–H groups in total. The Morgan fingerprint density at radius 1 is 0.303 bits per heavy atom. The molecule has 0 radical (unpaired) electrons. The summed E-state index contributed by atoms with van der Waals surface area (Å²) in [6.45, 7) is 3.45. The van der Waals surface area contributed by atoms with Gasteiger partial charge in [-0.15, -0.1) is 0 Å². The maximum absolute atomic E-state index is 12.8. The maximum atomic E-state index is 12.8. The number of hydrogen-bond acceptors (Lipinski definition) is 8. The number of allylic oxidation sites excluding steroid dienone is 42. The van der Waals surface area contributed by atoms with Crippen molar-refractivity contribution in [1.82, 2.24) is 0 Å². The molecule has 99 heavy (non-hydrogen) atoms. The predicted octanol–water partition coefficient (Wildman–Crippen LogP) is 26.1. The Morgan fingerprint density at radius 2 is 0.525 bits per heavy atom. The molecule has 2 atom stereocenters. The van der Waals surface area contributed by atoms with Crippen LogP contribution in [0.3, 0.4) is 0 Å². The molecular weight excluding hydrogens is 1240 g/mol. The van der Waals surface area contributed by atoms with Gasteiger partial charge >= 0.3 is 19.8 Å². The van der Waals surface area contributed by atoms with Gasteiger partial charge in [-0.2, -0.15) is 0 Å². The number of carbonyl (C=O) groups excluding carboxylic acids is 2. The van der Waals surface area contributed by atoms with Gasteiger partial charge in [0, 0.05) is 19.4 Å². The number of unbranched alkanes of at least 4 members (excludes halogenated alkanes) is 13. The van der Waals surface area contributed by atoms with Crippen LogP contribution < -0.4 is 5.73 Å². The molecular formula is C89H136NO8P. The number of ether oxygens (including phenoxy) is 2. The molecule has 0 aromatic heterocycles. The van der Waals surface area contributed by atoms with E-state index in [0.717, 1.165) is 205 Å². The molecule has 0 rings (SSSR count). The molecule has 0 aliphatic rings. The number of rotatable bonds is 68. The zero-order chi connectivity index (χ0) is 71.5. The Balaban J connectivity index is 4.05. The third-order valence-electron chi connectivity index (χ3n) is 14.9. The molecule has 0 aromatic carbocycles. The first kappa shape index (κ1) is 92.5. The Bertz CT molecular complexity index is 2580. The summed E-state index contributed by atoms with van der Waals surface area (Å²) in [4.78, 5) is 35.4. The highest BCUT2D eigenvalue weighted by molar-refractivity contribution is 7.47. The van der Waals surface area contributed by atoms with E-state index in [0.29, 0.717) is 12.8 Å². The molecule has 10 heteroatoms. The van der Waals surface area contributed by atoms with Gasteiger partial charge in [-0.05, 0) is 173 Å². The van der Waals surface area contributed by atoms with E-state index in [2.05, 4.69) is 269 Å².